The Balaban J connectivity index is 1.79. The molecule has 0 aliphatic heterocycles. The molecule has 3 rings (SSSR count). The molecule has 3 N–H and O–H groups in total. The number of hydrogen-bond donors (Lipinski definition) is 3. The molecule has 0 atom stereocenters. The number of hydrogen-bond acceptors (Lipinski definition) is 7. The van der Waals surface area contributed by atoms with Crippen LogP contribution < -0.4 is 26.0 Å². The minimum Gasteiger partial charge on any atom is -0.489 e. The number of nitrogens with zero attached hydrogens (tertiary/aromatic N) is 2. The van der Waals surface area contributed by atoms with Crippen molar-refractivity contribution in [3.63, 3.8) is 0 Å². The van der Waals surface area contributed by atoms with Crippen LogP contribution in [0.5, 0.6) is 5.75 Å². The minimum atomic E-state index is -2.49. The van der Waals surface area contributed by atoms with Gasteiger partial charge in [0.2, 0.25) is 5.95 Å². The van der Waals surface area contributed by atoms with E-state index < -0.39 is 7.14 Å². The van der Waals surface area contributed by atoms with Crippen molar-refractivity contribution < 1.29 is 9.30 Å². The molecule has 0 fully saturated rings. The third-order valence-corrected chi connectivity index (χ3v) is 6.40. The van der Waals surface area contributed by atoms with Crippen LogP contribution in [0.3, 0.4) is 0 Å². The van der Waals surface area contributed by atoms with E-state index in [2.05, 4.69) is 25.9 Å². The molecule has 3 aromatic rings. The van der Waals surface area contributed by atoms with Crippen LogP contribution in [0.4, 0.5) is 23.1 Å². The van der Waals surface area contributed by atoms with Crippen LogP contribution in [0, 0.1) is 6.92 Å². The maximum Gasteiger partial charge on any atom is 0.229 e. The van der Waals surface area contributed by atoms with Gasteiger partial charge in [-0.3, -0.25) is 0 Å². The van der Waals surface area contributed by atoms with Gasteiger partial charge in [0, 0.05) is 23.6 Å². The Morgan fingerprint density at radius 1 is 1.15 bits per heavy atom. The summed E-state index contributed by atoms with van der Waals surface area (Å²) in [6.07, 6.45) is 5.32. The summed E-state index contributed by atoms with van der Waals surface area (Å²) >= 11 is 6.34. The molecule has 0 aliphatic rings. The predicted molar refractivity (Wildman–Crippen MR) is 139 cm³/mol. The van der Waals surface area contributed by atoms with Gasteiger partial charge >= 0.3 is 0 Å². The van der Waals surface area contributed by atoms with Crippen LogP contribution in [0.15, 0.2) is 60.9 Å². The second-order valence-corrected chi connectivity index (χ2v) is 11.4. The van der Waals surface area contributed by atoms with Crippen LogP contribution in [0.25, 0.3) is 0 Å². The topological polar surface area (TPSA) is 88.2 Å². The summed E-state index contributed by atoms with van der Waals surface area (Å²) in [7, 11) is -2.49. The fourth-order valence-corrected chi connectivity index (χ4v) is 4.41. The molecular formula is C24H29ClN5O2P. The van der Waals surface area contributed by atoms with Gasteiger partial charge < -0.3 is 25.3 Å². The summed E-state index contributed by atoms with van der Waals surface area (Å²) in [4.78, 5) is 8.82. The van der Waals surface area contributed by atoms with Crippen LogP contribution in [-0.2, 0) is 4.57 Å². The van der Waals surface area contributed by atoms with Gasteiger partial charge in [-0.1, -0.05) is 23.7 Å². The summed E-state index contributed by atoms with van der Waals surface area (Å²) in [6.45, 7) is 8.82. The van der Waals surface area contributed by atoms with Gasteiger partial charge in [0.1, 0.15) is 24.5 Å². The third-order valence-electron chi connectivity index (χ3n) is 4.57. The zero-order valence-electron chi connectivity index (χ0n) is 19.2. The number of aryl methyl sites for hydroxylation is 1. The maximum atomic E-state index is 12.7. The number of rotatable bonds is 10. The number of anilines is 4. The van der Waals surface area contributed by atoms with Gasteiger partial charge in [0.15, 0.2) is 5.82 Å². The van der Waals surface area contributed by atoms with E-state index in [0.717, 1.165) is 28.8 Å². The van der Waals surface area contributed by atoms with E-state index in [0.29, 0.717) is 29.1 Å². The first-order valence-electron chi connectivity index (χ1n) is 10.6. The molecule has 0 amide bonds. The van der Waals surface area contributed by atoms with Gasteiger partial charge in [-0.05, 0) is 69.3 Å². The molecule has 0 spiro atoms. The molecule has 0 radical (unpaired) electrons. The normalized spacial score (nSPS) is 11.4. The number of nitrogens with one attached hydrogen (secondary N) is 3. The van der Waals surface area contributed by atoms with Gasteiger partial charge in [0.05, 0.1) is 11.9 Å². The lowest BCUT2D eigenvalue weighted by molar-refractivity contribution is 0.362. The van der Waals surface area contributed by atoms with Crippen molar-refractivity contribution in [3.05, 3.63) is 71.5 Å². The van der Waals surface area contributed by atoms with E-state index in [1.807, 2.05) is 68.6 Å². The Labute approximate surface area is 200 Å². The van der Waals surface area contributed by atoms with E-state index in [9.17, 15) is 4.57 Å². The molecule has 33 heavy (non-hydrogen) atoms. The molecule has 0 saturated carbocycles. The number of para-hydroxylation sites is 1. The van der Waals surface area contributed by atoms with Gasteiger partial charge in [-0.15, -0.1) is 0 Å². The zero-order valence-corrected chi connectivity index (χ0v) is 20.9. The van der Waals surface area contributed by atoms with Crippen molar-refractivity contribution >= 4 is 47.2 Å². The lowest BCUT2D eigenvalue weighted by Crippen LogP contribution is -2.11. The standard InChI is InChI=1S/C24H29ClN5O2P/c1-5-26-11-8-12-32-19-14-17(2)13-18(15-19)28-24-27-16-20(25)23(30-24)29-21-9-6-7-10-22(21)33(3,4)31/h6-11,13-16,26H,5,12H2,1-4H3,(H2,27,28,29,30). The molecular weight excluding hydrogens is 457 g/mol. The highest BCUT2D eigenvalue weighted by molar-refractivity contribution is 7.70. The van der Waals surface area contributed by atoms with Crippen molar-refractivity contribution in [1.29, 1.82) is 0 Å². The van der Waals surface area contributed by atoms with E-state index in [4.69, 9.17) is 16.3 Å². The van der Waals surface area contributed by atoms with Crippen LogP contribution in [0.2, 0.25) is 5.02 Å². The van der Waals surface area contributed by atoms with Crippen molar-refractivity contribution in [2.45, 2.75) is 13.8 Å². The fraction of sp³-hybridized carbons (Fsp3) is 0.250. The van der Waals surface area contributed by atoms with Crippen LogP contribution in [-0.4, -0.2) is 36.4 Å². The van der Waals surface area contributed by atoms with E-state index in [1.165, 1.54) is 6.20 Å². The highest BCUT2D eigenvalue weighted by atomic mass is 35.5. The maximum absolute atomic E-state index is 12.7. The van der Waals surface area contributed by atoms with E-state index >= 15 is 0 Å². The Kier molecular flexibility index (Phi) is 8.37. The van der Waals surface area contributed by atoms with Gasteiger partial charge in [-0.25, -0.2) is 4.98 Å². The first-order valence-corrected chi connectivity index (χ1v) is 13.6. The molecule has 0 bridgehead atoms. The lowest BCUT2D eigenvalue weighted by Gasteiger charge is -2.16. The fourth-order valence-electron chi connectivity index (χ4n) is 3.12. The highest BCUT2D eigenvalue weighted by Crippen LogP contribution is 2.38. The number of aromatic nitrogens is 2. The quantitative estimate of drug-likeness (QED) is 0.318. The molecule has 174 valence electrons. The van der Waals surface area contributed by atoms with Crippen molar-refractivity contribution in [2.75, 3.05) is 37.1 Å². The molecule has 2 aromatic carbocycles. The molecule has 0 unspecified atom stereocenters. The molecule has 7 nitrogen and oxygen atoms in total. The van der Waals surface area contributed by atoms with Crippen molar-refractivity contribution in [3.8, 4) is 5.75 Å². The van der Waals surface area contributed by atoms with E-state index in [1.54, 1.807) is 13.3 Å². The monoisotopic (exact) mass is 485 g/mol. The Hall–Kier alpha value is -3.02. The largest absolute Gasteiger partial charge is 0.489 e. The minimum absolute atomic E-state index is 0.359. The van der Waals surface area contributed by atoms with Gasteiger partial charge in [-0.2, -0.15) is 4.98 Å². The molecule has 1 aromatic heterocycles. The molecule has 1 heterocycles. The van der Waals surface area contributed by atoms with E-state index in [-0.39, 0.29) is 0 Å². The SMILES string of the molecule is CCNC=CCOc1cc(C)cc(Nc2ncc(Cl)c(Nc3ccccc3P(C)(C)=O)n2)c1. The Morgan fingerprint density at radius 2 is 1.94 bits per heavy atom. The second kappa shape index (κ2) is 11.2. The summed E-state index contributed by atoms with van der Waals surface area (Å²) < 4.78 is 18.5. The summed E-state index contributed by atoms with van der Waals surface area (Å²) in [5.74, 6) is 1.54. The van der Waals surface area contributed by atoms with Crippen molar-refractivity contribution in [2.24, 2.45) is 0 Å². The number of ether oxygens (including phenoxy) is 1. The zero-order chi connectivity index (χ0) is 23.8. The smallest absolute Gasteiger partial charge is 0.229 e. The van der Waals surface area contributed by atoms with Crippen LogP contribution >= 0.6 is 18.7 Å². The summed E-state index contributed by atoms with van der Waals surface area (Å²) in [5.41, 5.74) is 2.53. The average Bonchev–Trinajstić information content (AvgIpc) is 2.75. The number of halogens is 1. The number of benzene rings is 2. The van der Waals surface area contributed by atoms with Crippen LogP contribution in [0.1, 0.15) is 12.5 Å². The first kappa shape index (κ1) is 24.6. The van der Waals surface area contributed by atoms with Gasteiger partial charge in [0.25, 0.3) is 0 Å². The molecule has 9 heteroatoms. The summed E-state index contributed by atoms with van der Waals surface area (Å²) in [5, 5.41) is 10.6. The second-order valence-electron chi connectivity index (χ2n) is 7.81. The van der Waals surface area contributed by atoms with Crippen molar-refractivity contribution in [1.82, 2.24) is 15.3 Å². The average molecular weight is 486 g/mol. The first-order chi connectivity index (χ1) is 15.8. The Morgan fingerprint density at radius 3 is 2.70 bits per heavy atom. The molecule has 0 aliphatic carbocycles. The summed E-state index contributed by atoms with van der Waals surface area (Å²) in [6, 6.07) is 13.3. The molecule has 0 saturated heterocycles. The lowest BCUT2D eigenvalue weighted by atomic mass is 10.2. The highest BCUT2D eigenvalue weighted by Gasteiger charge is 2.17. The third kappa shape index (κ3) is 7.24. The predicted octanol–water partition coefficient (Wildman–Crippen LogP) is 5.68. The Bertz CT molecular complexity index is 1180.